The summed E-state index contributed by atoms with van der Waals surface area (Å²) in [5.41, 5.74) is 0. The van der Waals surface area contributed by atoms with E-state index in [1.54, 1.807) is 0 Å². The molecule has 0 amide bonds. The smallest absolute Gasteiger partial charge is 0.176 e. The highest BCUT2D eigenvalue weighted by Gasteiger charge is 2.42. The second kappa shape index (κ2) is 2.74. The monoisotopic (exact) mass is 201 g/mol. The molecule has 0 saturated heterocycles. The van der Waals surface area contributed by atoms with Crippen LogP contribution >= 0.6 is 0 Å². The SMILES string of the molecule is CC1=C([O-])C2CCCCC2S1(=O)=O. The Bertz CT molecular complexity index is 353. The van der Waals surface area contributed by atoms with Crippen LogP contribution in [0.4, 0.5) is 0 Å². The summed E-state index contributed by atoms with van der Waals surface area (Å²) in [7, 11) is -3.21. The van der Waals surface area contributed by atoms with Gasteiger partial charge in [-0.05, 0) is 25.7 Å². The molecule has 0 aromatic heterocycles. The molecule has 0 aromatic carbocycles. The molecule has 0 bridgehead atoms. The fourth-order valence-electron chi connectivity index (χ4n) is 2.40. The van der Waals surface area contributed by atoms with E-state index >= 15 is 0 Å². The molecule has 1 aliphatic carbocycles. The average Bonchev–Trinajstić information content (AvgIpc) is 2.30. The zero-order chi connectivity index (χ0) is 9.64. The van der Waals surface area contributed by atoms with Gasteiger partial charge in [0.05, 0.1) is 5.25 Å². The molecule has 4 heteroatoms. The number of fused-ring (bicyclic) bond motifs is 1. The van der Waals surface area contributed by atoms with Crippen LogP contribution in [0.3, 0.4) is 0 Å². The van der Waals surface area contributed by atoms with E-state index in [4.69, 9.17) is 0 Å². The van der Waals surface area contributed by atoms with Crippen LogP contribution in [-0.4, -0.2) is 13.7 Å². The summed E-state index contributed by atoms with van der Waals surface area (Å²) in [4.78, 5) is 0.101. The summed E-state index contributed by atoms with van der Waals surface area (Å²) in [6, 6.07) is 0. The summed E-state index contributed by atoms with van der Waals surface area (Å²) in [5, 5.41) is 11.2. The molecular weight excluding hydrogens is 188 g/mol. The molecule has 2 unspecified atom stereocenters. The van der Waals surface area contributed by atoms with Crippen molar-refractivity contribution in [1.29, 1.82) is 0 Å². The average molecular weight is 201 g/mol. The Labute approximate surface area is 78.4 Å². The highest BCUT2D eigenvalue weighted by atomic mass is 32.2. The maximum absolute atomic E-state index is 11.7. The lowest BCUT2D eigenvalue weighted by Crippen LogP contribution is -2.29. The van der Waals surface area contributed by atoms with Crippen molar-refractivity contribution in [1.82, 2.24) is 0 Å². The molecule has 1 aliphatic heterocycles. The minimum Gasteiger partial charge on any atom is -0.875 e. The highest BCUT2D eigenvalue weighted by molar-refractivity contribution is 7.96. The predicted octanol–water partition coefficient (Wildman–Crippen LogP) is 0.565. The fraction of sp³-hybridized carbons (Fsp3) is 0.778. The van der Waals surface area contributed by atoms with Crippen LogP contribution in [-0.2, 0) is 9.84 Å². The summed E-state index contributed by atoms with van der Waals surface area (Å²) in [5.74, 6) is -0.330. The van der Waals surface area contributed by atoms with Crippen LogP contribution in [0.25, 0.3) is 0 Å². The second-order valence-corrected chi connectivity index (χ2v) is 6.20. The van der Waals surface area contributed by atoms with Crippen molar-refractivity contribution >= 4 is 9.84 Å². The topological polar surface area (TPSA) is 57.2 Å². The normalized spacial score (nSPS) is 37.6. The van der Waals surface area contributed by atoms with Crippen LogP contribution in [0.15, 0.2) is 10.7 Å². The highest BCUT2D eigenvalue weighted by Crippen LogP contribution is 2.42. The second-order valence-electron chi connectivity index (χ2n) is 3.89. The van der Waals surface area contributed by atoms with E-state index in [1.807, 2.05) is 0 Å². The first-order valence-electron chi connectivity index (χ1n) is 4.67. The molecule has 3 nitrogen and oxygen atoms in total. The van der Waals surface area contributed by atoms with Gasteiger partial charge in [-0.25, -0.2) is 8.42 Å². The van der Waals surface area contributed by atoms with Gasteiger partial charge in [0.25, 0.3) is 0 Å². The molecule has 2 rings (SSSR count). The zero-order valence-corrected chi connectivity index (χ0v) is 8.43. The summed E-state index contributed by atoms with van der Waals surface area (Å²) in [6.07, 6.45) is 3.38. The van der Waals surface area contributed by atoms with E-state index < -0.39 is 9.84 Å². The van der Waals surface area contributed by atoms with E-state index in [1.165, 1.54) is 6.92 Å². The van der Waals surface area contributed by atoms with Crippen LogP contribution < -0.4 is 5.11 Å². The molecule has 74 valence electrons. The number of sulfone groups is 1. The first kappa shape index (κ1) is 9.06. The van der Waals surface area contributed by atoms with Crippen molar-refractivity contribution in [3.05, 3.63) is 10.7 Å². The van der Waals surface area contributed by atoms with Gasteiger partial charge in [0, 0.05) is 4.91 Å². The van der Waals surface area contributed by atoms with Crippen molar-refractivity contribution in [2.24, 2.45) is 5.92 Å². The van der Waals surface area contributed by atoms with Crippen LogP contribution in [0.2, 0.25) is 0 Å². The molecule has 2 atom stereocenters. The predicted molar refractivity (Wildman–Crippen MR) is 47.4 cm³/mol. The summed E-state index contributed by atoms with van der Waals surface area (Å²) in [6.45, 7) is 1.45. The Morgan fingerprint density at radius 3 is 2.54 bits per heavy atom. The maximum Gasteiger partial charge on any atom is 0.176 e. The Morgan fingerprint density at radius 1 is 1.31 bits per heavy atom. The number of rotatable bonds is 0. The molecule has 0 radical (unpaired) electrons. The maximum atomic E-state index is 11.7. The zero-order valence-electron chi connectivity index (χ0n) is 7.62. The van der Waals surface area contributed by atoms with Gasteiger partial charge in [-0.3, -0.25) is 0 Å². The molecule has 13 heavy (non-hydrogen) atoms. The molecule has 2 aliphatic rings. The van der Waals surface area contributed by atoms with Gasteiger partial charge in [-0.15, -0.1) is 5.76 Å². The molecule has 1 fully saturated rings. The van der Waals surface area contributed by atoms with E-state index in [0.29, 0.717) is 6.42 Å². The van der Waals surface area contributed by atoms with E-state index in [-0.39, 0.29) is 21.8 Å². The third kappa shape index (κ3) is 1.11. The van der Waals surface area contributed by atoms with Crippen molar-refractivity contribution < 1.29 is 13.5 Å². The Morgan fingerprint density at radius 2 is 1.92 bits per heavy atom. The molecule has 0 aromatic rings. The van der Waals surface area contributed by atoms with Crippen molar-refractivity contribution in [3.8, 4) is 0 Å². The van der Waals surface area contributed by atoms with Crippen molar-refractivity contribution in [2.75, 3.05) is 0 Å². The van der Waals surface area contributed by atoms with Crippen LogP contribution in [0, 0.1) is 5.92 Å². The van der Waals surface area contributed by atoms with E-state index in [2.05, 4.69) is 0 Å². The Kier molecular flexibility index (Phi) is 1.91. The summed E-state index contributed by atoms with van der Waals surface area (Å²) >= 11 is 0. The third-order valence-corrected chi connectivity index (χ3v) is 5.63. The quantitative estimate of drug-likeness (QED) is 0.575. The molecule has 0 spiro atoms. The van der Waals surface area contributed by atoms with Gasteiger partial charge in [0.15, 0.2) is 9.84 Å². The van der Waals surface area contributed by atoms with Crippen molar-refractivity contribution in [3.63, 3.8) is 0 Å². The number of hydrogen-bond donors (Lipinski definition) is 0. The van der Waals surface area contributed by atoms with Crippen LogP contribution in [0.1, 0.15) is 32.6 Å². The molecule has 0 N–H and O–H groups in total. The van der Waals surface area contributed by atoms with Crippen LogP contribution in [0.5, 0.6) is 0 Å². The lowest BCUT2D eigenvalue weighted by atomic mass is 9.87. The first-order valence-corrected chi connectivity index (χ1v) is 6.21. The van der Waals surface area contributed by atoms with Gasteiger partial charge < -0.3 is 5.11 Å². The minimum atomic E-state index is -3.21. The van der Waals surface area contributed by atoms with Gasteiger partial charge in [-0.1, -0.05) is 12.8 Å². The van der Waals surface area contributed by atoms with Gasteiger partial charge in [-0.2, -0.15) is 0 Å². The Balaban J connectivity index is 2.46. The minimum absolute atomic E-state index is 0.101. The van der Waals surface area contributed by atoms with Gasteiger partial charge in [0.1, 0.15) is 0 Å². The first-order chi connectivity index (χ1) is 6.05. The molecular formula is C9H13O3S-. The number of hydrogen-bond acceptors (Lipinski definition) is 3. The van der Waals surface area contributed by atoms with Gasteiger partial charge >= 0.3 is 0 Å². The van der Waals surface area contributed by atoms with E-state index in [9.17, 15) is 13.5 Å². The molecule has 1 heterocycles. The largest absolute Gasteiger partial charge is 0.875 e. The lowest BCUT2D eigenvalue weighted by molar-refractivity contribution is -0.315. The standard InChI is InChI=1S/C9H14O3S/c1-6-9(10)7-4-2-3-5-8(7)13(6,11)12/h7-8,10H,2-5H2,1H3/p-1. The fourth-order valence-corrected chi connectivity index (χ4v) is 4.45. The third-order valence-electron chi connectivity index (χ3n) is 3.21. The Hall–Kier alpha value is -0.510. The van der Waals surface area contributed by atoms with Gasteiger partial charge in [0.2, 0.25) is 0 Å². The van der Waals surface area contributed by atoms with Crippen molar-refractivity contribution in [2.45, 2.75) is 37.9 Å². The van der Waals surface area contributed by atoms with E-state index in [0.717, 1.165) is 19.3 Å². The summed E-state index contributed by atoms with van der Waals surface area (Å²) < 4.78 is 23.4. The lowest BCUT2D eigenvalue weighted by Gasteiger charge is -2.28. The number of allylic oxidation sites excluding steroid dienone is 2. The molecule has 1 saturated carbocycles.